The van der Waals surface area contributed by atoms with Gasteiger partial charge in [-0.2, -0.15) is 0 Å². The predicted octanol–water partition coefficient (Wildman–Crippen LogP) is 1.74. The maximum absolute atomic E-state index is 11.5. The Balaban J connectivity index is 3.78. The summed E-state index contributed by atoms with van der Waals surface area (Å²) in [7, 11) is 0. The summed E-state index contributed by atoms with van der Waals surface area (Å²) in [4.78, 5) is 22.6. The number of carboxylic acids is 1. The molecule has 0 spiro atoms. The van der Waals surface area contributed by atoms with Gasteiger partial charge in [0.25, 0.3) is 0 Å². The van der Waals surface area contributed by atoms with Crippen molar-refractivity contribution >= 4 is 12.0 Å². The molecule has 6 nitrogen and oxygen atoms in total. The van der Waals surface area contributed by atoms with Gasteiger partial charge < -0.3 is 20.5 Å². The van der Waals surface area contributed by atoms with Gasteiger partial charge in [0.1, 0.15) is 5.54 Å². The molecular formula is C13H26N2O4. The lowest BCUT2D eigenvalue weighted by atomic mass is 10.00. The minimum absolute atomic E-state index is 0.220. The van der Waals surface area contributed by atoms with Gasteiger partial charge in [0.05, 0.1) is 6.10 Å². The largest absolute Gasteiger partial charge is 0.480 e. The lowest BCUT2D eigenvalue weighted by Gasteiger charge is -2.24. The normalized spacial score (nSPS) is 13.9. The molecule has 3 N–H and O–H groups in total. The average molecular weight is 274 g/mol. The summed E-state index contributed by atoms with van der Waals surface area (Å²) in [5.74, 6) is -1.03. The molecule has 0 saturated heterocycles. The van der Waals surface area contributed by atoms with Crippen LogP contribution >= 0.6 is 0 Å². The van der Waals surface area contributed by atoms with E-state index in [4.69, 9.17) is 9.84 Å². The van der Waals surface area contributed by atoms with Crippen LogP contribution in [0.25, 0.3) is 0 Å². The van der Waals surface area contributed by atoms with Crippen molar-refractivity contribution in [3.8, 4) is 0 Å². The van der Waals surface area contributed by atoms with Crippen molar-refractivity contribution in [2.45, 2.75) is 58.6 Å². The highest BCUT2D eigenvalue weighted by Gasteiger charge is 2.32. The number of amides is 2. The molecule has 0 aromatic heterocycles. The molecule has 0 aliphatic heterocycles. The number of hydrogen-bond acceptors (Lipinski definition) is 3. The van der Waals surface area contributed by atoms with Gasteiger partial charge in [-0.15, -0.1) is 0 Å². The first-order valence-electron chi connectivity index (χ1n) is 6.73. The highest BCUT2D eigenvalue weighted by atomic mass is 16.5. The van der Waals surface area contributed by atoms with Gasteiger partial charge in [0, 0.05) is 13.2 Å². The lowest BCUT2D eigenvalue weighted by molar-refractivity contribution is -0.143. The minimum Gasteiger partial charge on any atom is -0.480 e. The van der Waals surface area contributed by atoms with Crippen LogP contribution in [0.5, 0.6) is 0 Å². The molecule has 0 bridgehead atoms. The summed E-state index contributed by atoms with van der Waals surface area (Å²) in [5, 5.41) is 14.1. The summed E-state index contributed by atoms with van der Waals surface area (Å²) < 4.78 is 5.37. The zero-order valence-electron chi connectivity index (χ0n) is 12.3. The molecule has 6 heteroatoms. The molecule has 1 atom stereocenters. The Hall–Kier alpha value is -1.30. The summed E-state index contributed by atoms with van der Waals surface area (Å²) in [6.07, 6.45) is 2.22. The fourth-order valence-corrected chi connectivity index (χ4v) is 1.34. The van der Waals surface area contributed by atoms with E-state index in [0.717, 1.165) is 12.8 Å². The van der Waals surface area contributed by atoms with Gasteiger partial charge in [-0.3, -0.25) is 0 Å². The van der Waals surface area contributed by atoms with E-state index >= 15 is 0 Å². The first-order valence-corrected chi connectivity index (χ1v) is 6.73. The number of ether oxygens (including phenoxy) is 1. The molecule has 0 aliphatic carbocycles. The molecule has 0 rings (SSSR count). The van der Waals surface area contributed by atoms with Crippen LogP contribution < -0.4 is 10.6 Å². The fraction of sp³-hybridized carbons (Fsp3) is 0.846. The second-order valence-electron chi connectivity index (χ2n) is 5.00. The third-order valence-electron chi connectivity index (χ3n) is 2.88. The second-order valence-corrected chi connectivity index (χ2v) is 5.00. The van der Waals surface area contributed by atoms with Crippen molar-refractivity contribution in [3.63, 3.8) is 0 Å². The van der Waals surface area contributed by atoms with Gasteiger partial charge in [0.2, 0.25) is 0 Å². The van der Waals surface area contributed by atoms with E-state index in [1.165, 1.54) is 6.92 Å². The van der Waals surface area contributed by atoms with E-state index in [9.17, 15) is 9.59 Å². The fourth-order valence-electron chi connectivity index (χ4n) is 1.34. The number of carboxylic acid groups (broad SMARTS) is 1. The van der Waals surface area contributed by atoms with Gasteiger partial charge in [-0.1, -0.05) is 6.92 Å². The monoisotopic (exact) mass is 274 g/mol. The Kier molecular flexibility index (Phi) is 8.14. The number of nitrogens with one attached hydrogen (secondary N) is 2. The minimum atomic E-state index is -1.22. The first kappa shape index (κ1) is 17.7. The predicted molar refractivity (Wildman–Crippen MR) is 73.2 cm³/mol. The van der Waals surface area contributed by atoms with Crippen LogP contribution in [0.15, 0.2) is 0 Å². The summed E-state index contributed by atoms with van der Waals surface area (Å²) in [6, 6.07) is -0.448. The van der Waals surface area contributed by atoms with Crippen LogP contribution in [0, 0.1) is 0 Å². The molecule has 1 unspecified atom stereocenters. The number of carbonyl (C=O) groups is 2. The quantitative estimate of drug-likeness (QED) is 0.559. The third kappa shape index (κ3) is 7.66. The molecule has 0 radical (unpaired) electrons. The van der Waals surface area contributed by atoms with Crippen molar-refractivity contribution in [3.05, 3.63) is 0 Å². The topological polar surface area (TPSA) is 87.7 Å². The molecule has 0 saturated carbocycles. The maximum atomic E-state index is 11.5. The number of aliphatic carboxylic acids is 1. The van der Waals surface area contributed by atoms with E-state index in [1.54, 1.807) is 6.92 Å². The maximum Gasteiger partial charge on any atom is 0.329 e. The Labute approximate surface area is 114 Å². The Morgan fingerprint density at radius 2 is 1.95 bits per heavy atom. The lowest BCUT2D eigenvalue weighted by Crippen LogP contribution is -2.54. The number of carbonyl (C=O) groups excluding carboxylic acids is 1. The van der Waals surface area contributed by atoms with E-state index < -0.39 is 17.5 Å². The zero-order valence-corrected chi connectivity index (χ0v) is 12.3. The van der Waals surface area contributed by atoms with E-state index in [-0.39, 0.29) is 6.10 Å². The Morgan fingerprint density at radius 3 is 2.42 bits per heavy atom. The smallest absolute Gasteiger partial charge is 0.329 e. The summed E-state index contributed by atoms with van der Waals surface area (Å²) >= 11 is 0. The molecule has 0 heterocycles. The summed E-state index contributed by atoms with van der Waals surface area (Å²) in [6.45, 7) is 8.34. The van der Waals surface area contributed by atoms with Crippen molar-refractivity contribution in [1.82, 2.24) is 10.6 Å². The van der Waals surface area contributed by atoms with Crippen molar-refractivity contribution in [2.75, 3.05) is 13.2 Å². The van der Waals surface area contributed by atoms with Crippen LogP contribution in [-0.2, 0) is 9.53 Å². The van der Waals surface area contributed by atoms with Crippen LogP contribution in [-0.4, -0.2) is 41.9 Å². The van der Waals surface area contributed by atoms with E-state index in [2.05, 4.69) is 10.6 Å². The SMILES string of the molecule is CCC(C)(NC(=O)NCCCCOC(C)C)C(=O)O. The summed E-state index contributed by atoms with van der Waals surface area (Å²) in [5.41, 5.74) is -1.22. The van der Waals surface area contributed by atoms with Gasteiger partial charge in [-0.25, -0.2) is 9.59 Å². The van der Waals surface area contributed by atoms with E-state index in [0.29, 0.717) is 19.6 Å². The molecule has 0 aromatic rings. The highest BCUT2D eigenvalue weighted by molar-refractivity contribution is 5.85. The number of unbranched alkanes of at least 4 members (excludes halogenated alkanes) is 1. The molecule has 19 heavy (non-hydrogen) atoms. The van der Waals surface area contributed by atoms with Gasteiger partial charge in [-0.05, 0) is 40.0 Å². The molecule has 0 fully saturated rings. The number of rotatable bonds is 9. The van der Waals surface area contributed by atoms with Gasteiger partial charge in [0.15, 0.2) is 0 Å². The highest BCUT2D eigenvalue weighted by Crippen LogP contribution is 2.08. The van der Waals surface area contributed by atoms with Crippen LogP contribution in [0.1, 0.15) is 47.0 Å². The number of urea groups is 1. The van der Waals surface area contributed by atoms with E-state index in [1.807, 2.05) is 13.8 Å². The third-order valence-corrected chi connectivity index (χ3v) is 2.88. The standard InChI is InChI=1S/C13H26N2O4/c1-5-13(4,11(16)17)15-12(18)14-8-6-7-9-19-10(2)3/h10H,5-9H2,1-4H3,(H,16,17)(H2,14,15,18). The zero-order chi connectivity index (χ0) is 14.9. The Bertz CT molecular complexity index is 294. The molecule has 0 aliphatic rings. The first-order chi connectivity index (χ1) is 8.81. The molecular weight excluding hydrogens is 248 g/mol. The van der Waals surface area contributed by atoms with Crippen LogP contribution in [0.3, 0.4) is 0 Å². The molecule has 112 valence electrons. The molecule has 2 amide bonds. The van der Waals surface area contributed by atoms with Crippen LogP contribution in [0.2, 0.25) is 0 Å². The van der Waals surface area contributed by atoms with Crippen LogP contribution in [0.4, 0.5) is 4.79 Å². The molecule has 0 aromatic carbocycles. The van der Waals surface area contributed by atoms with Crippen molar-refractivity contribution in [1.29, 1.82) is 0 Å². The number of hydrogen-bond donors (Lipinski definition) is 3. The van der Waals surface area contributed by atoms with Crippen molar-refractivity contribution < 1.29 is 19.4 Å². The average Bonchev–Trinajstić information content (AvgIpc) is 2.32. The second kappa shape index (κ2) is 8.74. The van der Waals surface area contributed by atoms with Crippen molar-refractivity contribution in [2.24, 2.45) is 0 Å². The van der Waals surface area contributed by atoms with Gasteiger partial charge >= 0.3 is 12.0 Å². The Morgan fingerprint density at radius 1 is 1.32 bits per heavy atom.